The van der Waals surface area contributed by atoms with Gasteiger partial charge in [0.15, 0.2) is 0 Å². The van der Waals surface area contributed by atoms with Crippen LogP contribution in [0.15, 0.2) is 156 Å². The minimum atomic E-state index is -0.00544. The van der Waals surface area contributed by atoms with Crippen molar-refractivity contribution in [2.45, 2.75) is 24.2 Å². The monoisotopic (exact) mass is 518 g/mol. The molecule has 0 aromatic heterocycles. The van der Waals surface area contributed by atoms with Gasteiger partial charge in [-0.2, -0.15) is 0 Å². The highest BCUT2D eigenvalue weighted by Crippen LogP contribution is 2.38. The fourth-order valence-corrected chi connectivity index (χ4v) is 5.77. The number of nitrogens with zero attached hydrogens (tertiary/aromatic N) is 2. The Kier molecular flexibility index (Phi) is 6.42. The topological polar surface area (TPSA) is 48.8 Å². The lowest BCUT2D eigenvalue weighted by Crippen LogP contribution is -2.26. The summed E-state index contributed by atoms with van der Waals surface area (Å²) in [5.74, 6) is 1.81. The highest BCUT2D eigenvalue weighted by atomic mass is 15.1. The van der Waals surface area contributed by atoms with Gasteiger partial charge in [0.1, 0.15) is 23.8 Å². The Hall–Kier alpha value is -4.96. The fourth-order valence-electron chi connectivity index (χ4n) is 5.77. The van der Waals surface area contributed by atoms with Crippen molar-refractivity contribution in [3.8, 4) is 0 Å². The predicted molar refractivity (Wildman–Crippen MR) is 163 cm³/mol. The Morgan fingerprint density at radius 2 is 0.725 bits per heavy atom. The molecule has 0 fully saturated rings. The zero-order chi connectivity index (χ0) is 26.7. The molecule has 5 aromatic rings. The summed E-state index contributed by atoms with van der Waals surface area (Å²) in [5, 5.41) is 7.50. The van der Waals surface area contributed by atoms with Crippen LogP contribution in [-0.2, 0) is 0 Å². The van der Waals surface area contributed by atoms with Crippen molar-refractivity contribution in [3.63, 3.8) is 0 Å². The second-order valence-electron chi connectivity index (χ2n) is 10.3. The maximum atomic E-state index is 5.22. The summed E-state index contributed by atoms with van der Waals surface area (Å²) < 4.78 is 0. The Labute approximate surface area is 235 Å². The average molecular weight is 519 g/mol. The summed E-state index contributed by atoms with van der Waals surface area (Å²) in [4.78, 5) is 10.4. The van der Waals surface area contributed by atoms with Gasteiger partial charge >= 0.3 is 0 Å². The largest absolute Gasteiger partial charge is 0.361 e. The van der Waals surface area contributed by atoms with Crippen molar-refractivity contribution in [2.24, 2.45) is 9.98 Å². The molecule has 0 bridgehead atoms. The van der Waals surface area contributed by atoms with Gasteiger partial charge in [-0.1, -0.05) is 140 Å². The number of rotatable bonds is 6. The normalized spacial score (nSPS) is 21.7. The molecule has 0 radical (unpaired) electrons. The van der Waals surface area contributed by atoms with E-state index in [1.54, 1.807) is 0 Å². The van der Waals surface area contributed by atoms with Gasteiger partial charge in [0.2, 0.25) is 0 Å². The summed E-state index contributed by atoms with van der Waals surface area (Å²) in [6.45, 7) is 0. The molecular weight excluding hydrogens is 488 g/mol. The number of benzene rings is 5. The van der Waals surface area contributed by atoms with Gasteiger partial charge in [-0.15, -0.1) is 0 Å². The van der Waals surface area contributed by atoms with Crippen molar-refractivity contribution < 1.29 is 0 Å². The van der Waals surface area contributed by atoms with Crippen LogP contribution in [0.3, 0.4) is 0 Å². The molecule has 2 aliphatic rings. The van der Waals surface area contributed by atoms with Crippen LogP contribution in [0.4, 0.5) is 0 Å². The molecule has 0 saturated heterocycles. The molecule has 2 N–H and O–H groups in total. The standard InChI is InChI=1S/C36H30N4/c1-5-14-25(15-6-1)31-32(26-16-7-2-8-17-26)38-35(37-31)29-22-13-23-30(24-29)36-39-33(27-18-9-3-10-19-27)34(40-36)28-20-11-4-12-21-28/h1-24,31-34H,(H,37,38)(H,39,40)/t31-,32-,33-,34-/m0/s1. The van der Waals surface area contributed by atoms with Crippen molar-refractivity contribution in [2.75, 3.05) is 0 Å². The maximum Gasteiger partial charge on any atom is 0.129 e. The number of amidine groups is 2. The highest BCUT2D eigenvalue weighted by molar-refractivity contribution is 6.05. The fraction of sp³-hybridized carbons (Fsp3) is 0.111. The van der Waals surface area contributed by atoms with E-state index in [1.807, 2.05) is 0 Å². The summed E-state index contributed by atoms with van der Waals surface area (Å²) in [7, 11) is 0. The minimum Gasteiger partial charge on any atom is -0.361 e. The Bertz CT molecular complexity index is 1520. The maximum absolute atomic E-state index is 5.22. The molecule has 7 rings (SSSR count). The van der Waals surface area contributed by atoms with E-state index in [0.717, 1.165) is 22.8 Å². The summed E-state index contributed by atoms with van der Waals surface area (Å²) >= 11 is 0. The van der Waals surface area contributed by atoms with E-state index in [2.05, 4.69) is 156 Å². The van der Waals surface area contributed by atoms with Crippen molar-refractivity contribution in [1.29, 1.82) is 0 Å². The molecular formula is C36H30N4. The first kappa shape index (κ1) is 24.1. The van der Waals surface area contributed by atoms with Gasteiger partial charge in [-0.05, 0) is 28.3 Å². The molecule has 4 heteroatoms. The molecule has 194 valence electrons. The van der Waals surface area contributed by atoms with Crippen molar-refractivity contribution >= 4 is 11.7 Å². The zero-order valence-corrected chi connectivity index (χ0v) is 22.1. The van der Waals surface area contributed by atoms with Crippen molar-refractivity contribution in [3.05, 3.63) is 179 Å². The third kappa shape index (κ3) is 4.69. The SMILES string of the molecule is c1ccc([C@@H]2N=C(c3cccc(C4=N[C@@H](c5ccccc5)[C@H](c5ccccc5)N4)c3)N[C@H]2c2ccccc2)cc1. The first-order valence-electron chi connectivity index (χ1n) is 13.8. The number of hydrogen-bond acceptors (Lipinski definition) is 4. The van der Waals surface area contributed by atoms with Crippen LogP contribution in [0.1, 0.15) is 57.5 Å². The Morgan fingerprint density at radius 1 is 0.375 bits per heavy atom. The summed E-state index contributed by atoms with van der Waals surface area (Å²) in [6, 6.07) is 50.9. The van der Waals surface area contributed by atoms with Crippen LogP contribution >= 0.6 is 0 Å². The van der Waals surface area contributed by atoms with Gasteiger partial charge in [-0.25, -0.2) is 0 Å². The number of hydrogen-bond donors (Lipinski definition) is 2. The Morgan fingerprint density at radius 3 is 1.10 bits per heavy atom. The quantitative estimate of drug-likeness (QED) is 0.247. The molecule has 0 spiro atoms. The van der Waals surface area contributed by atoms with E-state index in [-0.39, 0.29) is 24.2 Å². The van der Waals surface area contributed by atoms with Crippen LogP contribution in [0.25, 0.3) is 0 Å². The number of aliphatic imine (C=N–C) groups is 2. The lowest BCUT2D eigenvalue weighted by atomic mass is 9.95. The van der Waals surface area contributed by atoms with Gasteiger partial charge < -0.3 is 10.6 Å². The molecule has 0 unspecified atom stereocenters. The predicted octanol–water partition coefficient (Wildman–Crippen LogP) is 7.35. The molecule has 0 amide bonds. The lowest BCUT2D eigenvalue weighted by molar-refractivity contribution is 0.572. The van der Waals surface area contributed by atoms with E-state index in [9.17, 15) is 0 Å². The number of nitrogens with one attached hydrogen (secondary N) is 2. The molecule has 2 aliphatic heterocycles. The minimum absolute atomic E-state index is 0.00544. The molecule has 0 saturated carbocycles. The van der Waals surface area contributed by atoms with Crippen molar-refractivity contribution in [1.82, 2.24) is 10.6 Å². The van der Waals surface area contributed by atoms with E-state index in [1.165, 1.54) is 22.3 Å². The van der Waals surface area contributed by atoms with E-state index in [4.69, 9.17) is 9.98 Å². The van der Waals surface area contributed by atoms with Gasteiger partial charge in [0, 0.05) is 11.1 Å². The van der Waals surface area contributed by atoms with Gasteiger partial charge in [0.05, 0.1) is 12.1 Å². The molecule has 5 aromatic carbocycles. The Balaban J connectivity index is 1.23. The van der Waals surface area contributed by atoms with Crippen LogP contribution in [0, 0.1) is 0 Å². The van der Waals surface area contributed by atoms with E-state index >= 15 is 0 Å². The first-order valence-corrected chi connectivity index (χ1v) is 13.8. The molecule has 40 heavy (non-hydrogen) atoms. The third-order valence-electron chi connectivity index (χ3n) is 7.76. The smallest absolute Gasteiger partial charge is 0.129 e. The van der Waals surface area contributed by atoms with Crippen LogP contribution < -0.4 is 10.6 Å². The highest BCUT2D eigenvalue weighted by Gasteiger charge is 2.33. The van der Waals surface area contributed by atoms with Gasteiger partial charge in [0.25, 0.3) is 0 Å². The van der Waals surface area contributed by atoms with E-state index in [0.29, 0.717) is 0 Å². The van der Waals surface area contributed by atoms with Crippen LogP contribution in [0.5, 0.6) is 0 Å². The second kappa shape index (κ2) is 10.7. The zero-order valence-electron chi connectivity index (χ0n) is 22.1. The summed E-state index contributed by atoms with van der Waals surface area (Å²) in [6.07, 6.45) is 0. The molecule has 4 nitrogen and oxygen atoms in total. The second-order valence-corrected chi connectivity index (χ2v) is 10.3. The average Bonchev–Trinajstić information content (AvgIpc) is 3.69. The first-order chi connectivity index (χ1) is 19.8. The summed E-state index contributed by atoms with van der Waals surface area (Å²) in [5.41, 5.74) is 6.97. The van der Waals surface area contributed by atoms with E-state index < -0.39 is 0 Å². The molecule has 4 atom stereocenters. The lowest BCUT2D eigenvalue weighted by Gasteiger charge is -2.20. The molecule has 0 aliphatic carbocycles. The van der Waals surface area contributed by atoms with Crippen LogP contribution in [0.2, 0.25) is 0 Å². The molecule has 2 heterocycles. The van der Waals surface area contributed by atoms with Crippen LogP contribution in [-0.4, -0.2) is 11.7 Å². The third-order valence-corrected chi connectivity index (χ3v) is 7.76. The van der Waals surface area contributed by atoms with Gasteiger partial charge in [-0.3, -0.25) is 9.98 Å².